The van der Waals surface area contributed by atoms with Gasteiger partial charge in [0.25, 0.3) is 0 Å². The second-order valence-corrected chi connectivity index (χ2v) is 3.62. The van der Waals surface area contributed by atoms with Gasteiger partial charge in [0.2, 0.25) is 11.8 Å². The Bertz CT molecular complexity index is 280. The highest BCUT2D eigenvalue weighted by molar-refractivity contribution is 4.94. The van der Waals surface area contributed by atoms with E-state index in [0.717, 1.165) is 25.4 Å². The van der Waals surface area contributed by atoms with E-state index in [4.69, 9.17) is 10.2 Å². The molecule has 3 N–H and O–H groups in total. The molecule has 5 nitrogen and oxygen atoms in total. The van der Waals surface area contributed by atoms with Gasteiger partial charge in [0.05, 0.1) is 0 Å². The molecule has 2 rings (SSSR count). The van der Waals surface area contributed by atoms with Crippen LogP contribution in [0.15, 0.2) is 4.42 Å². The van der Waals surface area contributed by atoms with Crippen LogP contribution in [0.5, 0.6) is 0 Å². The molecule has 5 heteroatoms. The van der Waals surface area contributed by atoms with E-state index in [2.05, 4.69) is 15.5 Å². The van der Waals surface area contributed by atoms with Crippen molar-refractivity contribution in [2.45, 2.75) is 25.2 Å². The molecule has 0 aromatic carbocycles. The molecule has 1 aliphatic heterocycles. The number of hydrogen-bond donors (Lipinski definition) is 2. The Hall–Kier alpha value is -0.940. The molecule has 0 aliphatic carbocycles. The SMILES string of the molecule is NCCc1nnc(C2CCCNC2)o1. The smallest absolute Gasteiger partial charge is 0.220 e. The van der Waals surface area contributed by atoms with Crippen LogP contribution in [-0.4, -0.2) is 29.8 Å². The zero-order chi connectivity index (χ0) is 9.80. The maximum Gasteiger partial charge on any atom is 0.220 e. The van der Waals surface area contributed by atoms with E-state index in [1.165, 1.54) is 6.42 Å². The number of rotatable bonds is 3. The number of piperidine rings is 1. The third kappa shape index (κ3) is 2.10. The Balaban J connectivity index is 2.00. The van der Waals surface area contributed by atoms with Crippen LogP contribution in [0.1, 0.15) is 30.5 Å². The maximum atomic E-state index is 5.52. The highest BCUT2D eigenvalue weighted by Gasteiger charge is 2.20. The molecule has 1 aliphatic rings. The third-order valence-corrected chi connectivity index (χ3v) is 2.49. The van der Waals surface area contributed by atoms with Crippen molar-refractivity contribution in [3.8, 4) is 0 Å². The van der Waals surface area contributed by atoms with Gasteiger partial charge < -0.3 is 15.5 Å². The van der Waals surface area contributed by atoms with Crippen molar-refractivity contribution < 1.29 is 4.42 Å². The molecule has 1 saturated heterocycles. The molecule has 0 saturated carbocycles. The van der Waals surface area contributed by atoms with Crippen molar-refractivity contribution in [3.63, 3.8) is 0 Å². The summed E-state index contributed by atoms with van der Waals surface area (Å²) in [5.41, 5.74) is 5.41. The Morgan fingerprint density at radius 2 is 2.43 bits per heavy atom. The summed E-state index contributed by atoms with van der Waals surface area (Å²) in [6.45, 7) is 2.61. The Kier molecular flexibility index (Phi) is 3.10. The van der Waals surface area contributed by atoms with Crippen molar-refractivity contribution in [1.29, 1.82) is 0 Å². The highest BCUT2D eigenvalue weighted by Crippen LogP contribution is 2.21. The molecule has 0 bridgehead atoms. The van der Waals surface area contributed by atoms with E-state index in [0.29, 0.717) is 24.8 Å². The number of nitrogens with zero attached hydrogens (tertiary/aromatic N) is 2. The Morgan fingerprint density at radius 1 is 1.50 bits per heavy atom. The van der Waals surface area contributed by atoms with Gasteiger partial charge in [0, 0.05) is 25.4 Å². The van der Waals surface area contributed by atoms with Crippen LogP contribution in [0.3, 0.4) is 0 Å². The summed E-state index contributed by atoms with van der Waals surface area (Å²) in [6.07, 6.45) is 2.99. The number of aromatic nitrogens is 2. The summed E-state index contributed by atoms with van der Waals surface area (Å²) < 4.78 is 5.52. The summed E-state index contributed by atoms with van der Waals surface area (Å²) in [7, 11) is 0. The lowest BCUT2D eigenvalue weighted by molar-refractivity contribution is 0.363. The predicted octanol–water partition coefficient (Wildman–Crippen LogP) is 0.0378. The van der Waals surface area contributed by atoms with Crippen LogP contribution in [0, 0.1) is 0 Å². The van der Waals surface area contributed by atoms with Crippen LogP contribution in [-0.2, 0) is 6.42 Å². The topological polar surface area (TPSA) is 77.0 Å². The first-order valence-electron chi connectivity index (χ1n) is 5.13. The van der Waals surface area contributed by atoms with Crippen molar-refractivity contribution in [1.82, 2.24) is 15.5 Å². The number of nitrogens with one attached hydrogen (secondary N) is 1. The van der Waals surface area contributed by atoms with Crippen LogP contribution < -0.4 is 11.1 Å². The lowest BCUT2D eigenvalue weighted by Gasteiger charge is -2.18. The molecule has 1 aromatic heterocycles. The van der Waals surface area contributed by atoms with Crippen molar-refractivity contribution in [2.75, 3.05) is 19.6 Å². The summed E-state index contributed by atoms with van der Waals surface area (Å²) >= 11 is 0. The average Bonchev–Trinajstić information content (AvgIpc) is 2.68. The second-order valence-electron chi connectivity index (χ2n) is 3.62. The zero-order valence-corrected chi connectivity index (χ0v) is 8.20. The maximum absolute atomic E-state index is 5.52. The molecule has 14 heavy (non-hydrogen) atoms. The normalized spacial score (nSPS) is 22.5. The molecule has 0 radical (unpaired) electrons. The number of hydrogen-bond acceptors (Lipinski definition) is 5. The first-order chi connectivity index (χ1) is 6.90. The van der Waals surface area contributed by atoms with E-state index in [-0.39, 0.29) is 0 Å². The van der Waals surface area contributed by atoms with Gasteiger partial charge in [0.15, 0.2) is 0 Å². The van der Waals surface area contributed by atoms with Crippen molar-refractivity contribution in [2.24, 2.45) is 5.73 Å². The standard InChI is InChI=1S/C9H16N4O/c10-4-3-8-12-13-9(14-8)7-2-1-5-11-6-7/h7,11H,1-6,10H2. The molecular weight excluding hydrogens is 180 g/mol. The molecule has 2 heterocycles. The zero-order valence-electron chi connectivity index (χ0n) is 8.20. The Labute approximate surface area is 83.1 Å². The lowest BCUT2D eigenvalue weighted by atomic mass is 10.00. The van der Waals surface area contributed by atoms with E-state index in [1.807, 2.05) is 0 Å². The van der Waals surface area contributed by atoms with Crippen LogP contribution in [0.25, 0.3) is 0 Å². The minimum Gasteiger partial charge on any atom is -0.425 e. The van der Waals surface area contributed by atoms with Crippen LogP contribution >= 0.6 is 0 Å². The van der Waals surface area contributed by atoms with Crippen molar-refractivity contribution >= 4 is 0 Å². The van der Waals surface area contributed by atoms with E-state index >= 15 is 0 Å². The van der Waals surface area contributed by atoms with Gasteiger partial charge >= 0.3 is 0 Å². The van der Waals surface area contributed by atoms with Gasteiger partial charge in [-0.2, -0.15) is 0 Å². The molecule has 1 aromatic rings. The van der Waals surface area contributed by atoms with E-state index < -0.39 is 0 Å². The molecule has 78 valence electrons. The molecule has 0 spiro atoms. The second kappa shape index (κ2) is 4.52. The molecular formula is C9H16N4O. The average molecular weight is 196 g/mol. The van der Waals surface area contributed by atoms with Crippen molar-refractivity contribution in [3.05, 3.63) is 11.8 Å². The minimum absolute atomic E-state index is 0.391. The summed E-state index contributed by atoms with van der Waals surface area (Å²) in [4.78, 5) is 0. The molecule has 1 unspecified atom stereocenters. The molecule has 1 atom stereocenters. The van der Waals surface area contributed by atoms with Gasteiger partial charge in [-0.25, -0.2) is 0 Å². The highest BCUT2D eigenvalue weighted by atomic mass is 16.4. The predicted molar refractivity (Wildman–Crippen MR) is 51.9 cm³/mol. The Morgan fingerprint density at radius 3 is 3.14 bits per heavy atom. The lowest BCUT2D eigenvalue weighted by Crippen LogP contribution is -2.28. The van der Waals surface area contributed by atoms with Gasteiger partial charge in [-0.3, -0.25) is 0 Å². The van der Waals surface area contributed by atoms with E-state index in [1.54, 1.807) is 0 Å². The fraction of sp³-hybridized carbons (Fsp3) is 0.778. The third-order valence-electron chi connectivity index (χ3n) is 2.49. The van der Waals surface area contributed by atoms with Gasteiger partial charge in [-0.05, 0) is 19.4 Å². The van der Waals surface area contributed by atoms with Gasteiger partial charge in [-0.1, -0.05) is 0 Å². The van der Waals surface area contributed by atoms with Crippen LogP contribution in [0.4, 0.5) is 0 Å². The minimum atomic E-state index is 0.391. The van der Waals surface area contributed by atoms with Crippen LogP contribution in [0.2, 0.25) is 0 Å². The quantitative estimate of drug-likeness (QED) is 0.713. The first kappa shape index (κ1) is 9.61. The van der Waals surface area contributed by atoms with Gasteiger partial charge in [-0.15, -0.1) is 10.2 Å². The van der Waals surface area contributed by atoms with Gasteiger partial charge in [0.1, 0.15) is 0 Å². The largest absolute Gasteiger partial charge is 0.425 e. The summed E-state index contributed by atoms with van der Waals surface area (Å²) in [5, 5.41) is 11.3. The monoisotopic (exact) mass is 196 g/mol. The number of nitrogens with two attached hydrogens (primary N) is 1. The summed E-state index contributed by atoms with van der Waals surface area (Å²) in [5.74, 6) is 1.82. The fourth-order valence-electron chi connectivity index (χ4n) is 1.72. The molecule has 0 amide bonds. The summed E-state index contributed by atoms with van der Waals surface area (Å²) in [6, 6.07) is 0. The fourth-order valence-corrected chi connectivity index (χ4v) is 1.72. The first-order valence-corrected chi connectivity index (χ1v) is 5.13. The molecule has 1 fully saturated rings. The van der Waals surface area contributed by atoms with E-state index in [9.17, 15) is 0 Å².